The molecule has 0 saturated carbocycles. The molecule has 0 fully saturated rings. The maximum Gasteiger partial charge on any atom is 0.272 e. The molecule has 0 bridgehead atoms. The smallest absolute Gasteiger partial charge is 0.272 e. The summed E-state index contributed by atoms with van der Waals surface area (Å²) in [4.78, 5) is 22.9. The number of nitriles is 1. The molecule has 1 amide bonds. The summed E-state index contributed by atoms with van der Waals surface area (Å²) in [6.07, 6.45) is 1.56. The second-order valence-corrected chi connectivity index (χ2v) is 6.75. The molecular weight excluding hydrogens is 388 g/mol. The summed E-state index contributed by atoms with van der Waals surface area (Å²) in [5, 5.41) is 23.2. The molecule has 3 rings (SSSR count). The third kappa shape index (κ3) is 4.17. The molecule has 9 nitrogen and oxygen atoms in total. The van der Waals surface area contributed by atoms with Crippen molar-refractivity contribution in [3.63, 3.8) is 0 Å². The number of amides is 1. The number of nitro benzene ring substituents is 1. The van der Waals surface area contributed by atoms with Crippen molar-refractivity contribution < 1.29 is 18.9 Å². The van der Waals surface area contributed by atoms with E-state index in [1.807, 2.05) is 19.9 Å². The number of aromatic nitrogens is 1. The van der Waals surface area contributed by atoms with Gasteiger partial charge in [-0.25, -0.2) is 0 Å². The number of benzene rings is 1. The van der Waals surface area contributed by atoms with Gasteiger partial charge in [0.1, 0.15) is 23.4 Å². The summed E-state index contributed by atoms with van der Waals surface area (Å²) in [5.41, 5.74) is 2.39. The summed E-state index contributed by atoms with van der Waals surface area (Å²) in [6.45, 7) is 5.33. The van der Waals surface area contributed by atoms with E-state index in [0.29, 0.717) is 35.0 Å². The van der Waals surface area contributed by atoms with Crippen LogP contribution in [0.25, 0.3) is 0 Å². The molecule has 0 atom stereocenters. The van der Waals surface area contributed by atoms with Gasteiger partial charge in [0.05, 0.1) is 23.3 Å². The highest BCUT2D eigenvalue weighted by Gasteiger charge is 2.20. The lowest BCUT2D eigenvalue weighted by Gasteiger charge is -2.12. The van der Waals surface area contributed by atoms with Crippen LogP contribution in [-0.2, 0) is 11.3 Å². The molecule has 0 aliphatic heterocycles. The molecule has 9 heteroatoms. The summed E-state index contributed by atoms with van der Waals surface area (Å²) in [7, 11) is 0. The van der Waals surface area contributed by atoms with Crippen LogP contribution in [0.5, 0.6) is 5.75 Å². The Hall–Kier alpha value is -4.06. The Morgan fingerprint density at radius 2 is 2.10 bits per heavy atom. The molecule has 0 unspecified atom stereocenters. The predicted molar refractivity (Wildman–Crippen MR) is 108 cm³/mol. The van der Waals surface area contributed by atoms with Crippen LogP contribution in [0, 0.1) is 42.2 Å². The van der Waals surface area contributed by atoms with E-state index in [0.717, 1.165) is 11.3 Å². The van der Waals surface area contributed by atoms with Crippen molar-refractivity contribution >= 4 is 17.4 Å². The molecule has 0 radical (unpaired) electrons. The zero-order valence-corrected chi connectivity index (χ0v) is 16.8. The van der Waals surface area contributed by atoms with Crippen LogP contribution in [0.3, 0.4) is 0 Å². The number of nitrogens with zero attached hydrogens (tertiary/aromatic N) is 3. The van der Waals surface area contributed by atoms with Crippen LogP contribution in [-0.4, -0.2) is 22.0 Å². The average Bonchev–Trinajstić information content (AvgIpc) is 3.29. The second kappa shape index (κ2) is 8.53. The maximum atomic E-state index is 12.5. The molecule has 3 aromatic rings. The van der Waals surface area contributed by atoms with Crippen molar-refractivity contribution in [2.45, 2.75) is 27.3 Å². The van der Waals surface area contributed by atoms with E-state index in [9.17, 15) is 20.2 Å². The molecule has 2 heterocycles. The van der Waals surface area contributed by atoms with Crippen molar-refractivity contribution in [3.8, 4) is 11.8 Å². The number of furan rings is 1. The highest BCUT2D eigenvalue weighted by Crippen LogP contribution is 2.28. The number of carbonyl (C=O) groups excluding carboxylic acids is 1. The van der Waals surface area contributed by atoms with Gasteiger partial charge in [0.2, 0.25) is 0 Å². The number of rotatable bonds is 7. The van der Waals surface area contributed by atoms with Gasteiger partial charge in [0.15, 0.2) is 6.61 Å². The number of nitro groups is 1. The van der Waals surface area contributed by atoms with Crippen LogP contribution in [0.1, 0.15) is 28.1 Å². The van der Waals surface area contributed by atoms with Gasteiger partial charge in [-0.3, -0.25) is 14.9 Å². The highest BCUT2D eigenvalue weighted by molar-refractivity contribution is 5.93. The van der Waals surface area contributed by atoms with E-state index in [-0.39, 0.29) is 12.3 Å². The maximum absolute atomic E-state index is 12.5. The van der Waals surface area contributed by atoms with Crippen LogP contribution in [0.15, 0.2) is 41.0 Å². The SMILES string of the molecule is Cc1cc(OCC(=O)Nc2c(C#N)c(C)c(C)n2Cc2ccco2)ccc1[N+](=O)[O-]. The molecule has 0 aliphatic carbocycles. The number of anilines is 1. The van der Waals surface area contributed by atoms with Gasteiger partial charge >= 0.3 is 0 Å². The Labute approximate surface area is 172 Å². The summed E-state index contributed by atoms with van der Waals surface area (Å²) in [5.74, 6) is 0.941. The van der Waals surface area contributed by atoms with Gasteiger partial charge in [0.25, 0.3) is 11.6 Å². The highest BCUT2D eigenvalue weighted by atomic mass is 16.6. The second-order valence-electron chi connectivity index (χ2n) is 6.75. The first-order chi connectivity index (χ1) is 14.3. The third-order valence-electron chi connectivity index (χ3n) is 4.83. The quantitative estimate of drug-likeness (QED) is 0.468. The van der Waals surface area contributed by atoms with Gasteiger partial charge < -0.3 is 19.0 Å². The molecule has 0 spiro atoms. The Morgan fingerprint density at radius 1 is 1.33 bits per heavy atom. The normalized spacial score (nSPS) is 10.5. The summed E-state index contributed by atoms with van der Waals surface area (Å²) < 4.78 is 12.7. The van der Waals surface area contributed by atoms with Crippen molar-refractivity contribution in [1.82, 2.24) is 4.57 Å². The van der Waals surface area contributed by atoms with Crippen LogP contribution >= 0.6 is 0 Å². The van der Waals surface area contributed by atoms with Crippen LogP contribution in [0.4, 0.5) is 11.5 Å². The number of ether oxygens (including phenoxy) is 1. The molecule has 1 aromatic carbocycles. The van der Waals surface area contributed by atoms with Gasteiger partial charge in [-0.15, -0.1) is 0 Å². The summed E-state index contributed by atoms with van der Waals surface area (Å²) >= 11 is 0. The summed E-state index contributed by atoms with van der Waals surface area (Å²) in [6, 6.07) is 9.99. The first kappa shape index (κ1) is 20.7. The average molecular weight is 408 g/mol. The van der Waals surface area contributed by atoms with E-state index in [2.05, 4.69) is 11.4 Å². The third-order valence-corrected chi connectivity index (χ3v) is 4.83. The number of nitrogens with one attached hydrogen (secondary N) is 1. The molecule has 0 aliphatic rings. The lowest BCUT2D eigenvalue weighted by atomic mass is 10.2. The number of aryl methyl sites for hydroxylation is 1. The predicted octanol–water partition coefficient (Wildman–Crippen LogP) is 3.85. The van der Waals surface area contributed by atoms with Crippen molar-refractivity contribution in [2.24, 2.45) is 0 Å². The van der Waals surface area contributed by atoms with Crippen LogP contribution in [0.2, 0.25) is 0 Å². The fourth-order valence-electron chi connectivity index (χ4n) is 3.13. The van der Waals surface area contributed by atoms with Gasteiger partial charge in [0, 0.05) is 17.3 Å². The molecular formula is C21H20N4O5. The minimum atomic E-state index is -0.479. The fraction of sp³-hybridized carbons (Fsp3) is 0.238. The zero-order chi connectivity index (χ0) is 21.8. The van der Waals surface area contributed by atoms with Gasteiger partial charge in [-0.2, -0.15) is 5.26 Å². The first-order valence-corrected chi connectivity index (χ1v) is 9.11. The van der Waals surface area contributed by atoms with E-state index >= 15 is 0 Å². The number of carbonyl (C=O) groups is 1. The number of hydrogen-bond acceptors (Lipinski definition) is 6. The Bertz CT molecular complexity index is 1140. The molecule has 30 heavy (non-hydrogen) atoms. The molecule has 154 valence electrons. The van der Waals surface area contributed by atoms with Crippen molar-refractivity contribution in [1.29, 1.82) is 5.26 Å². The lowest BCUT2D eigenvalue weighted by molar-refractivity contribution is -0.385. The minimum absolute atomic E-state index is 0.0211. The molecule has 0 saturated heterocycles. The molecule has 2 aromatic heterocycles. The van der Waals surface area contributed by atoms with Crippen molar-refractivity contribution in [3.05, 3.63) is 74.9 Å². The van der Waals surface area contributed by atoms with Gasteiger partial charge in [-0.1, -0.05) is 0 Å². The standard InChI is InChI=1S/C21H20N4O5/c1-13-9-16(6-7-19(13)25(27)28)30-12-20(26)23-21-18(10-22)14(2)15(3)24(21)11-17-5-4-8-29-17/h4-9H,11-12H2,1-3H3,(H,23,26). The topological polar surface area (TPSA) is 123 Å². The first-order valence-electron chi connectivity index (χ1n) is 9.11. The van der Waals surface area contributed by atoms with E-state index in [1.165, 1.54) is 18.2 Å². The Balaban J connectivity index is 1.76. The van der Waals surface area contributed by atoms with Gasteiger partial charge in [-0.05, 0) is 50.6 Å². The number of hydrogen-bond donors (Lipinski definition) is 1. The lowest BCUT2D eigenvalue weighted by Crippen LogP contribution is -2.23. The minimum Gasteiger partial charge on any atom is -0.484 e. The van der Waals surface area contributed by atoms with Crippen LogP contribution < -0.4 is 10.1 Å². The van der Waals surface area contributed by atoms with Crippen molar-refractivity contribution in [2.75, 3.05) is 11.9 Å². The zero-order valence-electron chi connectivity index (χ0n) is 16.8. The van der Waals surface area contributed by atoms with E-state index < -0.39 is 10.8 Å². The largest absolute Gasteiger partial charge is 0.484 e. The van der Waals surface area contributed by atoms with E-state index in [1.54, 1.807) is 23.8 Å². The van der Waals surface area contributed by atoms with E-state index in [4.69, 9.17) is 9.15 Å². The fourth-order valence-corrected chi connectivity index (χ4v) is 3.13. The Kier molecular flexibility index (Phi) is 5.88. The Morgan fingerprint density at radius 3 is 2.70 bits per heavy atom. The molecule has 1 N–H and O–H groups in total. The monoisotopic (exact) mass is 408 g/mol.